The van der Waals surface area contributed by atoms with Crippen molar-refractivity contribution >= 4 is 0 Å². The molecule has 0 saturated carbocycles. The lowest BCUT2D eigenvalue weighted by molar-refractivity contribution is 0.284. The minimum Gasteiger partial charge on any atom is -0.494 e. The van der Waals surface area contributed by atoms with Crippen LogP contribution in [0.5, 0.6) is 5.75 Å². The summed E-state index contributed by atoms with van der Waals surface area (Å²) in [6.07, 6.45) is 10.8. The van der Waals surface area contributed by atoms with Crippen LogP contribution in [0.4, 0.5) is 0 Å². The number of unbranched alkanes of at least 4 members (excludes halogenated alkanes) is 3. The lowest BCUT2D eigenvalue weighted by Gasteiger charge is -2.14. The van der Waals surface area contributed by atoms with Gasteiger partial charge in [0.05, 0.1) is 6.61 Å². The van der Waals surface area contributed by atoms with Gasteiger partial charge in [-0.25, -0.2) is 0 Å². The summed E-state index contributed by atoms with van der Waals surface area (Å²) in [5.41, 5.74) is 0. The van der Waals surface area contributed by atoms with Crippen molar-refractivity contribution < 1.29 is 4.74 Å². The van der Waals surface area contributed by atoms with E-state index in [4.69, 9.17) is 4.74 Å². The summed E-state index contributed by atoms with van der Waals surface area (Å²) in [7, 11) is 0. The van der Waals surface area contributed by atoms with Gasteiger partial charge in [-0.3, -0.25) is 0 Å². The van der Waals surface area contributed by atoms with E-state index in [1.54, 1.807) is 0 Å². The summed E-state index contributed by atoms with van der Waals surface area (Å²) < 4.78 is 5.74. The second kappa shape index (κ2) is 10.9. The molecule has 0 spiro atoms. The van der Waals surface area contributed by atoms with E-state index in [-0.39, 0.29) is 0 Å². The topological polar surface area (TPSA) is 9.23 Å². The van der Waals surface area contributed by atoms with Gasteiger partial charge in [0.25, 0.3) is 0 Å². The third-order valence-corrected chi connectivity index (χ3v) is 3.81. The standard InChI is InChI=1S/C18H30O/c1-3-5-6-8-12-17(4-2)13-11-16-19-18-14-9-7-10-15-18/h7,9-10,14-15,17H,3-6,8,11-13,16H2,1-2H3. The van der Waals surface area contributed by atoms with Gasteiger partial charge in [-0.15, -0.1) is 0 Å². The van der Waals surface area contributed by atoms with Crippen LogP contribution in [0, 0.1) is 5.92 Å². The molecule has 1 nitrogen and oxygen atoms in total. The Morgan fingerprint density at radius 3 is 2.32 bits per heavy atom. The predicted molar refractivity (Wildman–Crippen MR) is 83.7 cm³/mol. The van der Waals surface area contributed by atoms with Gasteiger partial charge in [-0.2, -0.15) is 0 Å². The first-order valence-corrected chi connectivity index (χ1v) is 8.04. The van der Waals surface area contributed by atoms with Gasteiger partial charge in [-0.05, 0) is 30.9 Å². The first kappa shape index (κ1) is 16.1. The van der Waals surface area contributed by atoms with Crippen molar-refractivity contribution in [2.75, 3.05) is 6.61 Å². The zero-order valence-corrected chi connectivity index (χ0v) is 12.7. The summed E-state index contributed by atoms with van der Waals surface area (Å²) in [5.74, 6) is 1.90. The summed E-state index contributed by atoms with van der Waals surface area (Å²) in [6, 6.07) is 10.1. The smallest absolute Gasteiger partial charge is 0.119 e. The molecule has 0 saturated heterocycles. The fraction of sp³-hybridized carbons (Fsp3) is 0.667. The molecule has 1 heteroatoms. The van der Waals surface area contributed by atoms with Crippen LogP contribution < -0.4 is 4.74 Å². The molecule has 0 bridgehead atoms. The summed E-state index contributed by atoms with van der Waals surface area (Å²) in [4.78, 5) is 0. The summed E-state index contributed by atoms with van der Waals surface area (Å²) in [6.45, 7) is 5.45. The molecule has 0 N–H and O–H groups in total. The van der Waals surface area contributed by atoms with Crippen LogP contribution in [-0.4, -0.2) is 6.61 Å². The first-order chi connectivity index (χ1) is 9.36. The average Bonchev–Trinajstić information content (AvgIpc) is 2.46. The molecule has 0 aliphatic heterocycles. The van der Waals surface area contributed by atoms with Crippen molar-refractivity contribution in [2.45, 2.75) is 65.2 Å². The van der Waals surface area contributed by atoms with E-state index >= 15 is 0 Å². The van der Waals surface area contributed by atoms with Crippen LogP contribution in [-0.2, 0) is 0 Å². The highest BCUT2D eigenvalue weighted by Gasteiger charge is 2.06. The van der Waals surface area contributed by atoms with Gasteiger partial charge in [0.15, 0.2) is 0 Å². The molecule has 0 aliphatic carbocycles. The fourth-order valence-electron chi connectivity index (χ4n) is 2.49. The Morgan fingerprint density at radius 1 is 0.895 bits per heavy atom. The zero-order chi connectivity index (χ0) is 13.8. The van der Waals surface area contributed by atoms with Gasteiger partial charge >= 0.3 is 0 Å². The molecule has 0 amide bonds. The Kier molecular flexibility index (Phi) is 9.22. The minimum atomic E-state index is 0.857. The Hall–Kier alpha value is -0.980. The molecule has 0 radical (unpaired) electrons. The van der Waals surface area contributed by atoms with Crippen molar-refractivity contribution in [3.05, 3.63) is 30.3 Å². The highest BCUT2D eigenvalue weighted by Crippen LogP contribution is 2.19. The quantitative estimate of drug-likeness (QED) is 0.455. The largest absolute Gasteiger partial charge is 0.494 e. The zero-order valence-electron chi connectivity index (χ0n) is 12.7. The van der Waals surface area contributed by atoms with E-state index in [1.807, 2.05) is 30.3 Å². The third kappa shape index (κ3) is 7.92. The van der Waals surface area contributed by atoms with E-state index in [1.165, 1.54) is 51.4 Å². The maximum Gasteiger partial charge on any atom is 0.119 e. The molecule has 19 heavy (non-hydrogen) atoms. The van der Waals surface area contributed by atoms with Crippen LogP contribution >= 0.6 is 0 Å². The van der Waals surface area contributed by atoms with Gasteiger partial charge < -0.3 is 4.74 Å². The molecule has 0 fully saturated rings. The Labute approximate surface area is 119 Å². The van der Waals surface area contributed by atoms with Crippen LogP contribution in [0.25, 0.3) is 0 Å². The number of benzene rings is 1. The molecule has 0 aromatic heterocycles. The molecule has 1 aromatic carbocycles. The molecule has 1 atom stereocenters. The molecular formula is C18H30O. The molecule has 1 rings (SSSR count). The van der Waals surface area contributed by atoms with Crippen molar-refractivity contribution in [2.24, 2.45) is 5.92 Å². The lowest BCUT2D eigenvalue weighted by Crippen LogP contribution is -2.04. The normalized spacial score (nSPS) is 12.3. The SMILES string of the molecule is CCCCCCC(CC)CCCOc1ccccc1. The van der Waals surface area contributed by atoms with E-state index in [2.05, 4.69) is 13.8 Å². The number of rotatable bonds is 11. The van der Waals surface area contributed by atoms with Gasteiger partial charge in [-0.1, -0.05) is 70.6 Å². The van der Waals surface area contributed by atoms with Crippen LogP contribution in [0.2, 0.25) is 0 Å². The van der Waals surface area contributed by atoms with E-state index < -0.39 is 0 Å². The number of ether oxygens (including phenoxy) is 1. The predicted octanol–water partition coefficient (Wildman–Crippen LogP) is 5.84. The Morgan fingerprint density at radius 2 is 1.63 bits per heavy atom. The molecule has 1 aromatic rings. The average molecular weight is 262 g/mol. The monoisotopic (exact) mass is 262 g/mol. The second-order valence-electron chi connectivity index (χ2n) is 5.43. The van der Waals surface area contributed by atoms with Gasteiger partial charge in [0.2, 0.25) is 0 Å². The molecule has 1 unspecified atom stereocenters. The number of hydrogen-bond donors (Lipinski definition) is 0. The number of para-hydroxylation sites is 1. The van der Waals surface area contributed by atoms with Crippen molar-refractivity contribution in [3.8, 4) is 5.75 Å². The molecule has 0 heterocycles. The van der Waals surface area contributed by atoms with E-state index in [9.17, 15) is 0 Å². The highest BCUT2D eigenvalue weighted by atomic mass is 16.5. The van der Waals surface area contributed by atoms with Crippen LogP contribution in [0.3, 0.4) is 0 Å². The van der Waals surface area contributed by atoms with E-state index in [0.717, 1.165) is 18.3 Å². The van der Waals surface area contributed by atoms with Crippen molar-refractivity contribution in [1.82, 2.24) is 0 Å². The minimum absolute atomic E-state index is 0.857. The number of hydrogen-bond acceptors (Lipinski definition) is 1. The van der Waals surface area contributed by atoms with E-state index in [0.29, 0.717) is 0 Å². The van der Waals surface area contributed by atoms with Crippen molar-refractivity contribution in [1.29, 1.82) is 0 Å². The van der Waals surface area contributed by atoms with Crippen molar-refractivity contribution in [3.63, 3.8) is 0 Å². The van der Waals surface area contributed by atoms with Crippen LogP contribution in [0.15, 0.2) is 30.3 Å². The van der Waals surface area contributed by atoms with Crippen LogP contribution in [0.1, 0.15) is 65.2 Å². The third-order valence-electron chi connectivity index (χ3n) is 3.81. The summed E-state index contributed by atoms with van der Waals surface area (Å²) in [5, 5.41) is 0. The second-order valence-corrected chi connectivity index (χ2v) is 5.43. The molecule has 108 valence electrons. The maximum absolute atomic E-state index is 5.74. The first-order valence-electron chi connectivity index (χ1n) is 8.04. The Bertz CT molecular complexity index is 294. The maximum atomic E-state index is 5.74. The Balaban J connectivity index is 2.05. The van der Waals surface area contributed by atoms with Gasteiger partial charge in [0, 0.05) is 0 Å². The highest BCUT2D eigenvalue weighted by molar-refractivity contribution is 5.20. The lowest BCUT2D eigenvalue weighted by atomic mass is 9.94. The van der Waals surface area contributed by atoms with Gasteiger partial charge in [0.1, 0.15) is 5.75 Å². The summed E-state index contributed by atoms with van der Waals surface area (Å²) >= 11 is 0. The molecule has 0 aliphatic rings. The molecular weight excluding hydrogens is 232 g/mol. The fourth-order valence-corrected chi connectivity index (χ4v) is 2.49.